The van der Waals surface area contributed by atoms with E-state index in [2.05, 4.69) is 26.8 Å². The Kier molecular flexibility index (Phi) is 4.27. The van der Waals surface area contributed by atoms with E-state index in [0.29, 0.717) is 11.6 Å². The second-order valence-corrected chi connectivity index (χ2v) is 4.85. The van der Waals surface area contributed by atoms with E-state index < -0.39 is 0 Å². The number of hydrogen-bond acceptors (Lipinski definition) is 6. The minimum atomic E-state index is -0.353. The minimum absolute atomic E-state index is 0.314. The van der Waals surface area contributed by atoms with Crippen molar-refractivity contribution in [3.05, 3.63) is 33.6 Å². The van der Waals surface area contributed by atoms with Gasteiger partial charge in [-0.05, 0) is 6.42 Å². The van der Waals surface area contributed by atoms with Crippen LogP contribution < -0.4 is 11.0 Å². The Morgan fingerprint density at radius 2 is 2.39 bits per heavy atom. The van der Waals surface area contributed by atoms with Crippen LogP contribution in [-0.4, -0.2) is 25.7 Å². The van der Waals surface area contributed by atoms with Gasteiger partial charge in [0.15, 0.2) is 0 Å². The first-order chi connectivity index (χ1) is 8.70. The van der Waals surface area contributed by atoms with Gasteiger partial charge in [-0.25, -0.2) is 9.78 Å². The van der Waals surface area contributed by atoms with Crippen LogP contribution in [0.15, 0.2) is 17.2 Å². The first-order valence-corrected chi connectivity index (χ1v) is 6.63. The van der Waals surface area contributed by atoms with Crippen molar-refractivity contribution in [2.75, 3.05) is 11.9 Å². The highest BCUT2D eigenvalue weighted by Crippen LogP contribution is 2.18. The van der Waals surface area contributed by atoms with E-state index >= 15 is 0 Å². The second kappa shape index (κ2) is 5.92. The summed E-state index contributed by atoms with van der Waals surface area (Å²) in [5.74, 6) is 0. The van der Waals surface area contributed by atoms with E-state index in [1.807, 2.05) is 0 Å². The monoisotopic (exact) mass is 285 g/mol. The van der Waals surface area contributed by atoms with Gasteiger partial charge in [-0.15, -0.1) is 5.10 Å². The molecule has 6 nitrogen and oxygen atoms in total. The maximum atomic E-state index is 11.6. The zero-order valence-electron chi connectivity index (χ0n) is 9.76. The van der Waals surface area contributed by atoms with Crippen LogP contribution in [-0.2, 0) is 6.54 Å². The smallest absolute Gasteiger partial charge is 0.347 e. The van der Waals surface area contributed by atoms with Gasteiger partial charge in [-0.2, -0.15) is 0 Å². The van der Waals surface area contributed by atoms with Gasteiger partial charge in [0.25, 0.3) is 0 Å². The molecular formula is C10H12ClN5OS. The molecule has 2 rings (SSSR count). The largest absolute Gasteiger partial charge is 0.374 e. The topological polar surface area (TPSA) is 72.7 Å². The lowest BCUT2D eigenvalue weighted by atomic mass is 10.4. The van der Waals surface area contributed by atoms with Gasteiger partial charge in [-0.1, -0.05) is 23.0 Å². The Labute approximate surface area is 113 Å². The molecule has 0 radical (unpaired) electrons. The number of anilines is 1. The SMILES string of the molecule is CCCNc1snnc1Cn1cc(Cl)cnc1=O. The molecule has 18 heavy (non-hydrogen) atoms. The standard InChI is InChI=1S/C10H12ClN5OS/c1-2-3-12-9-8(14-15-18-9)6-16-5-7(11)4-13-10(16)17/h4-5,12H,2-3,6H2,1H3. The fraction of sp³-hybridized carbons (Fsp3) is 0.400. The molecule has 0 aromatic carbocycles. The number of nitrogens with zero attached hydrogens (tertiary/aromatic N) is 4. The maximum absolute atomic E-state index is 11.6. The lowest BCUT2D eigenvalue weighted by Gasteiger charge is -2.05. The molecule has 2 aromatic rings. The fourth-order valence-electron chi connectivity index (χ4n) is 1.39. The summed E-state index contributed by atoms with van der Waals surface area (Å²) in [6.07, 6.45) is 3.88. The Bertz CT molecular complexity index is 582. The van der Waals surface area contributed by atoms with E-state index in [1.54, 1.807) is 6.20 Å². The van der Waals surface area contributed by atoms with E-state index in [-0.39, 0.29) is 5.69 Å². The van der Waals surface area contributed by atoms with E-state index in [0.717, 1.165) is 23.7 Å². The molecule has 0 bridgehead atoms. The average Bonchev–Trinajstić information content (AvgIpc) is 2.79. The van der Waals surface area contributed by atoms with Crippen molar-refractivity contribution < 1.29 is 0 Å². The molecule has 0 saturated carbocycles. The predicted molar refractivity (Wildman–Crippen MR) is 71.3 cm³/mol. The van der Waals surface area contributed by atoms with Gasteiger partial charge in [0.2, 0.25) is 0 Å². The molecule has 96 valence electrons. The van der Waals surface area contributed by atoms with Crippen LogP contribution in [0, 0.1) is 0 Å². The molecule has 0 atom stereocenters. The van der Waals surface area contributed by atoms with Crippen molar-refractivity contribution in [3.8, 4) is 0 Å². The van der Waals surface area contributed by atoms with Crippen LogP contribution in [0.2, 0.25) is 5.02 Å². The Balaban J connectivity index is 2.20. The molecular weight excluding hydrogens is 274 g/mol. The van der Waals surface area contributed by atoms with Crippen LogP contribution in [0.3, 0.4) is 0 Å². The quantitative estimate of drug-likeness (QED) is 0.904. The molecule has 0 aliphatic heterocycles. The van der Waals surface area contributed by atoms with Gasteiger partial charge in [0, 0.05) is 24.3 Å². The number of nitrogens with one attached hydrogen (secondary N) is 1. The van der Waals surface area contributed by atoms with Gasteiger partial charge in [-0.3, -0.25) is 4.57 Å². The van der Waals surface area contributed by atoms with Gasteiger partial charge >= 0.3 is 5.69 Å². The summed E-state index contributed by atoms with van der Waals surface area (Å²) in [5, 5.41) is 8.53. The highest BCUT2D eigenvalue weighted by Gasteiger charge is 2.09. The summed E-state index contributed by atoms with van der Waals surface area (Å²) in [5.41, 5.74) is 0.369. The van der Waals surface area contributed by atoms with Crippen molar-refractivity contribution >= 4 is 28.1 Å². The Hall–Kier alpha value is -1.47. The van der Waals surface area contributed by atoms with Crippen LogP contribution in [0.5, 0.6) is 0 Å². The van der Waals surface area contributed by atoms with Gasteiger partial charge < -0.3 is 5.32 Å². The molecule has 2 heterocycles. The molecule has 0 unspecified atom stereocenters. The van der Waals surface area contributed by atoms with Crippen molar-refractivity contribution in [2.45, 2.75) is 19.9 Å². The van der Waals surface area contributed by atoms with Gasteiger partial charge in [0.1, 0.15) is 10.7 Å². The second-order valence-electron chi connectivity index (χ2n) is 3.66. The molecule has 0 aliphatic rings. The molecule has 0 fully saturated rings. The van der Waals surface area contributed by atoms with Crippen molar-refractivity contribution in [3.63, 3.8) is 0 Å². The summed E-state index contributed by atoms with van der Waals surface area (Å²) in [6.45, 7) is 3.24. The Morgan fingerprint density at radius 3 is 3.17 bits per heavy atom. The first-order valence-electron chi connectivity index (χ1n) is 5.47. The van der Waals surface area contributed by atoms with Crippen molar-refractivity contribution in [2.24, 2.45) is 0 Å². The first kappa shape index (κ1) is 13.0. The summed E-state index contributed by atoms with van der Waals surface area (Å²) < 4.78 is 5.30. The summed E-state index contributed by atoms with van der Waals surface area (Å²) in [7, 11) is 0. The molecule has 0 saturated heterocycles. The van der Waals surface area contributed by atoms with Crippen LogP contribution in [0.25, 0.3) is 0 Å². The number of aromatic nitrogens is 4. The zero-order chi connectivity index (χ0) is 13.0. The third-order valence-electron chi connectivity index (χ3n) is 2.23. The van der Waals surface area contributed by atoms with Crippen molar-refractivity contribution in [1.82, 2.24) is 19.1 Å². The normalized spacial score (nSPS) is 10.6. The third kappa shape index (κ3) is 3.05. The molecule has 0 aliphatic carbocycles. The summed E-state index contributed by atoms with van der Waals surface area (Å²) in [4.78, 5) is 15.2. The lowest BCUT2D eigenvalue weighted by Crippen LogP contribution is -2.23. The molecule has 0 spiro atoms. The third-order valence-corrected chi connectivity index (χ3v) is 3.16. The summed E-state index contributed by atoms with van der Waals surface area (Å²) >= 11 is 7.09. The van der Waals surface area contributed by atoms with E-state index in [9.17, 15) is 4.79 Å². The van der Waals surface area contributed by atoms with E-state index in [1.165, 1.54) is 22.3 Å². The highest BCUT2D eigenvalue weighted by atomic mass is 35.5. The molecule has 0 amide bonds. The summed E-state index contributed by atoms with van der Waals surface area (Å²) in [6, 6.07) is 0. The fourth-order valence-corrected chi connectivity index (χ4v) is 2.15. The lowest BCUT2D eigenvalue weighted by molar-refractivity contribution is 0.708. The maximum Gasteiger partial charge on any atom is 0.347 e. The molecule has 2 aromatic heterocycles. The van der Waals surface area contributed by atoms with E-state index in [4.69, 9.17) is 11.6 Å². The average molecular weight is 286 g/mol. The zero-order valence-corrected chi connectivity index (χ0v) is 11.3. The highest BCUT2D eigenvalue weighted by molar-refractivity contribution is 7.10. The number of rotatable bonds is 5. The number of hydrogen-bond donors (Lipinski definition) is 1. The van der Waals surface area contributed by atoms with Crippen LogP contribution in [0.4, 0.5) is 5.00 Å². The van der Waals surface area contributed by atoms with Crippen LogP contribution >= 0.6 is 23.1 Å². The van der Waals surface area contributed by atoms with Crippen molar-refractivity contribution in [1.29, 1.82) is 0 Å². The van der Waals surface area contributed by atoms with Gasteiger partial charge in [0.05, 0.1) is 17.8 Å². The molecule has 1 N–H and O–H groups in total. The van der Waals surface area contributed by atoms with Crippen LogP contribution in [0.1, 0.15) is 19.0 Å². The minimum Gasteiger partial charge on any atom is -0.374 e. The Morgan fingerprint density at radius 1 is 1.56 bits per heavy atom. The molecule has 8 heteroatoms. The predicted octanol–water partition coefficient (Wildman–Crippen LogP) is 1.62. The number of halogens is 1.